The highest BCUT2D eigenvalue weighted by Crippen LogP contribution is 2.38. The van der Waals surface area contributed by atoms with Crippen molar-refractivity contribution < 1.29 is 14.6 Å². The molecule has 1 aliphatic rings. The van der Waals surface area contributed by atoms with Crippen molar-refractivity contribution >= 4 is 35.1 Å². The van der Waals surface area contributed by atoms with E-state index < -0.39 is 5.92 Å². The van der Waals surface area contributed by atoms with Gasteiger partial charge in [0.2, 0.25) is 5.91 Å². The molecule has 7 nitrogen and oxygen atoms in total. The molecule has 30 heavy (non-hydrogen) atoms. The maximum absolute atomic E-state index is 12.9. The zero-order chi connectivity index (χ0) is 21.3. The molecule has 3 aromatic rings. The number of carbonyl (C=O) groups is 1. The Hall–Kier alpha value is -2.97. The number of benzene rings is 2. The second-order valence-electron chi connectivity index (χ2n) is 6.75. The highest BCUT2D eigenvalue weighted by Gasteiger charge is 2.31. The number of hydrogen-bond acceptors (Lipinski definition) is 6. The first-order valence-electron chi connectivity index (χ1n) is 9.13. The van der Waals surface area contributed by atoms with Gasteiger partial charge in [0.1, 0.15) is 5.82 Å². The summed E-state index contributed by atoms with van der Waals surface area (Å²) in [6.07, 6.45) is 0.0950. The second-order valence-corrected chi connectivity index (χ2v) is 8.12. The van der Waals surface area contributed by atoms with Crippen LogP contribution in [0.5, 0.6) is 11.5 Å². The van der Waals surface area contributed by atoms with Crippen molar-refractivity contribution in [3.05, 3.63) is 74.5 Å². The Labute approximate surface area is 181 Å². The second kappa shape index (κ2) is 8.41. The van der Waals surface area contributed by atoms with E-state index in [-0.39, 0.29) is 35.2 Å². The van der Waals surface area contributed by atoms with E-state index in [1.165, 1.54) is 24.9 Å². The van der Waals surface area contributed by atoms with E-state index in [1.807, 2.05) is 18.2 Å². The Bertz CT molecular complexity index is 1180. The van der Waals surface area contributed by atoms with Crippen molar-refractivity contribution in [1.29, 1.82) is 0 Å². The lowest BCUT2D eigenvalue weighted by atomic mass is 9.86. The monoisotopic (exact) mass is 443 g/mol. The molecule has 9 heteroatoms. The molecule has 0 saturated heterocycles. The Morgan fingerprint density at radius 1 is 1.27 bits per heavy atom. The first kappa shape index (κ1) is 20.3. The summed E-state index contributed by atoms with van der Waals surface area (Å²) in [4.78, 5) is 32.5. The van der Waals surface area contributed by atoms with Crippen molar-refractivity contribution in [2.75, 3.05) is 12.4 Å². The van der Waals surface area contributed by atoms with E-state index in [0.29, 0.717) is 27.1 Å². The fraction of sp³-hybridized carbons (Fsp3) is 0.190. The number of nitrogens with one attached hydrogen (secondary N) is 2. The van der Waals surface area contributed by atoms with Gasteiger partial charge in [-0.1, -0.05) is 47.6 Å². The molecule has 0 bridgehead atoms. The molecule has 2 heterocycles. The number of thioether (sulfide) groups is 1. The smallest absolute Gasteiger partial charge is 0.257 e. The van der Waals surface area contributed by atoms with Gasteiger partial charge in [-0.05, 0) is 29.3 Å². The van der Waals surface area contributed by atoms with Crippen LogP contribution in [0.3, 0.4) is 0 Å². The third kappa shape index (κ3) is 4.01. The van der Waals surface area contributed by atoms with E-state index in [9.17, 15) is 14.7 Å². The van der Waals surface area contributed by atoms with Gasteiger partial charge >= 0.3 is 0 Å². The van der Waals surface area contributed by atoms with Gasteiger partial charge in [0.05, 0.1) is 12.7 Å². The maximum Gasteiger partial charge on any atom is 0.257 e. The summed E-state index contributed by atoms with van der Waals surface area (Å²) < 4.78 is 5.16. The number of hydrogen-bond donors (Lipinski definition) is 3. The van der Waals surface area contributed by atoms with Crippen LogP contribution in [0.2, 0.25) is 5.02 Å². The molecule has 0 aliphatic carbocycles. The lowest BCUT2D eigenvalue weighted by molar-refractivity contribution is -0.116. The number of aromatic hydroxyl groups is 1. The van der Waals surface area contributed by atoms with Crippen molar-refractivity contribution in [2.45, 2.75) is 23.2 Å². The summed E-state index contributed by atoms with van der Waals surface area (Å²) in [5.41, 5.74) is 1.66. The highest BCUT2D eigenvalue weighted by atomic mass is 35.5. The van der Waals surface area contributed by atoms with Gasteiger partial charge < -0.3 is 20.1 Å². The predicted molar refractivity (Wildman–Crippen MR) is 116 cm³/mol. The molecule has 1 atom stereocenters. The summed E-state index contributed by atoms with van der Waals surface area (Å²) in [6.45, 7) is 0. The topological polar surface area (TPSA) is 104 Å². The molecule has 1 unspecified atom stereocenters. The van der Waals surface area contributed by atoms with Crippen molar-refractivity contribution in [3.8, 4) is 11.5 Å². The summed E-state index contributed by atoms with van der Waals surface area (Å²) in [7, 11) is 1.44. The molecule has 3 N–H and O–H groups in total. The molecule has 4 rings (SSSR count). The molecule has 154 valence electrons. The number of H-pyrrole nitrogens is 1. The van der Waals surface area contributed by atoms with Gasteiger partial charge in [-0.2, -0.15) is 0 Å². The largest absolute Gasteiger partial charge is 0.504 e. The standard InChI is InChI=1S/C21H18ClN3O4S/c1-29-16-8-11(6-7-15(16)26)13-9-17(27)23-19-18(13)20(28)25-21(24-19)30-10-12-4-2-3-5-14(12)22/h2-8,13,26H,9-10H2,1H3,(H2,23,24,25,27,28). The van der Waals surface area contributed by atoms with Crippen molar-refractivity contribution in [3.63, 3.8) is 0 Å². The van der Waals surface area contributed by atoms with Crippen LogP contribution in [-0.4, -0.2) is 28.1 Å². The number of aromatic nitrogens is 2. The first-order chi connectivity index (χ1) is 14.5. The van der Waals surface area contributed by atoms with Crippen LogP contribution < -0.4 is 15.6 Å². The SMILES string of the molecule is COc1cc(C2CC(=O)Nc3nc(SCc4ccccc4Cl)[nH]c(=O)c32)ccc1O. The van der Waals surface area contributed by atoms with E-state index in [0.717, 1.165) is 5.56 Å². The van der Waals surface area contributed by atoms with Gasteiger partial charge in [0, 0.05) is 23.1 Å². The number of anilines is 1. The molecular weight excluding hydrogens is 426 g/mol. The minimum atomic E-state index is -0.498. The number of phenols is 1. The minimum absolute atomic E-state index is 0.0138. The van der Waals surface area contributed by atoms with Gasteiger partial charge in [0.25, 0.3) is 5.56 Å². The summed E-state index contributed by atoms with van der Waals surface area (Å²) >= 11 is 7.51. The maximum atomic E-state index is 12.9. The average Bonchev–Trinajstić information content (AvgIpc) is 2.72. The Kier molecular flexibility index (Phi) is 5.69. The van der Waals surface area contributed by atoms with E-state index in [4.69, 9.17) is 16.3 Å². The molecule has 2 aromatic carbocycles. The Balaban J connectivity index is 1.68. The Morgan fingerprint density at radius 3 is 2.83 bits per heavy atom. The van der Waals surface area contributed by atoms with Crippen LogP contribution in [0.25, 0.3) is 0 Å². The number of ether oxygens (including phenoxy) is 1. The third-order valence-corrected chi connectivity index (χ3v) is 6.15. The summed E-state index contributed by atoms with van der Waals surface area (Å²) in [5.74, 6) is 0.292. The highest BCUT2D eigenvalue weighted by molar-refractivity contribution is 7.98. The number of nitrogens with zero attached hydrogens (tertiary/aromatic N) is 1. The normalized spacial score (nSPS) is 15.4. The third-order valence-electron chi connectivity index (χ3n) is 4.86. The van der Waals surface area contributed by atoms with Crippen LogP contribution in [0.4, 0.5) is 5.82 Å². The molecule has 0 radical (unpaired) electrons. The first-order valence-corrected chi connectivity index (χ1v) is 10.5. The number of amides is 1. The van der Waals surface area contributed by atoms with Gasteiger partial charge in [-0.15, -0.1) is 0 Å². The number of methoxy groups -OCH3 is 1. The lowest BCUT2D eigenvalue weighted by Gasteiger charge is -2.25. The molecule has 0 fully saturated rings. The van der Waals surface area contributed by atoms with E-state index in [2.05, 4.69) is 15.3 Å². The molecule has 0 spiro atoms. The number of aromatic amines is 1. The number of phenolic OH excluding ortho intramolecular Hbond substituents is 1. The van der Waals surface area contributed by atoms with Crippen LogP contribution in [0.1, 0.15) is 29.0 Å². The van der Waals surface area contributed by atoms with Crippen LogP contribution in [-0.2, 0) is 10.5 Å². The fourth-order valence-corrected chi connectivity index (χ4v) is 4.52. The zero-order valence-electron chi connectivity index (χ0n) is 15.9. The zero-order valence-corrected chi connectivity index (χ0v) is 17.5. The van der Waals surface area contributed by atoms with Gasteiger partial charge in [-0.3, -0.25) is 9.59 Å². The number of carbonyl (C=O) groups excluding carboxylic acids is 1. The number of rotatable bonds is 5. The van der Waals surface area contributed by atoms with E-state index in [1.54, 1.807) is 18.2 Å². The van der Waals surface area contributed by atoms with Gasteiger partial charge in [0.15, 0.2) is 16.7 Å². The van der Waals surface area contributed by atoms with Crippen molar-refractivity contribution in [1.82, 2.24) is 9.97 Å². The summed E-state index contributed by atoms with van der Waals surface area (Å²) in [5, 5.41) is 13.6. The van der Waals surface area contributed by atoms with E-state index >= 15 is 0 Å². The van der Waals surface area contributed by atoms with Gasteiger partial charge in [-0.25, -0.2) is 4.98 Å². The molecular formula is C21H18ClN3O4S. The van der Waals surface area contributed by atoms with Crippen LogP contribution >= 0.6 is 23.4 Å². The quantitative estimate of drug-likeness (QED) is 0.408. The van der Waals surface area contributed by atoms with Crippen molar-refractivity contribution in [2.24, 2.45) is 0 Å². The molecule has 0 saturated carbocycles. The summed E-state index contributed by atoms with van der Waals surface area (Å²) in [6, 6.07) is 12.2. The molecule has 1 amide bonds. The lowest BCUT2D eigenvalue weighted by Crippen LogP contribution is -2.31. The fourth-order valence-electron chi connectivity index (χ4n) is 3.38. The minimum Gasteiger partial charge on any atom is -0.504 e. The number of halogens is 1. The van der Waals surface area contributed by atoms with Crippen LogP contribution in [0, 0.1) is 0 Å². The molecule has 1 aromatic heterocycles. The Morgan fingerprint density at radius 2 is 2.07 bits per heavy atom. The number of fused-ring (bicyclic) bond motifs is 1. The van der Waals surface area contributed by atoms with Crippen LogP contribution in [0.15, 0.2) is 52.4 Å². The predicted octanol–water partition coefficient (Wildman–Crippen LogP) is 3.90. The molecule has 1 aliphatic heterocycles. The average molecular weight is 444 g/mol.